The first-order chi connectivity index (χ1) is 12.4. The highest BCUT2D eigenvalue weighted by atomic mass is 35.5. The van der Waals surface area contributed by atoms with E-state index in [1.165, 1.54) is 29.5 Å². The van der Waals surface area contributed by atoms with Crippen LogP contribution in [0.1, 0.15) is 42.4 Å². The molecule has 3 N–H and O–H groups in total. The van der Waals surface area contributed by atoms with Gasteiger partial charge in [-0.05, 0) is 61.6 Å². The molecule has 1 aliphatic carbocycles. The van der Waals surface area contributed by atoms with Crippen LogP contribution in [0.25, 0.3) is 0 Å². The quantitative estimate of drug-likeness (QED) is 0.711. The van der Waals surface area contributed by atoms with E-state index in [9.17, 15) is 9.59 Å². The summed E-state index contributed by atoms with van der Waals surface area (Å²) in [6.07, 6.45) is 4.23. The maximum absolute atomic E-state index is 12.5. The molecular formula is C21H32ClN3O2. The van der Waals surface area contributed by atoms with Crippen LogP contribution in [0.3, 0.4) is 0 Å². The van der Waals surface area contributed by atoms with Crippen molar-refractivity contribution in [1.29, 1.82) is 0 Å². The summed E-state index contributed by atoms with van der Waals surface area (Å²) in [5.41, 5.74) is 9.05. The van der Waals surface area contributed by atoms with Crippen LogP contribution < -0.4 is 11.1 Å². The van der Waals surface area contributed by atoms with Crippen molar-refractivity contribution in [1.82, 2.24) is 10.2 Å². The lowest BCUT2D eigenvalue weighted by Gasteiger charge is -2.19. The topological polar surface area (TPSA) is 75.4 Å². The molecule has 1 aromatic carbocycles. The van der Waals surface area contributed by atoms with E-state index in [0.29, 0.717) is 25.3 Å². The lowest BCUT2D eigenvalue weighted by atomic mass is 9.97. The molecule has 0 unspecified atom stereocenters. The van der Waals surface area contributed by atoms with Gasteiger partial charge < -0.3 is 16.0 Å². The van der Waals surface area contributed by atoms with Gasteiger partial charge in [-0.1, -0.05) is 18.2 Å². The highest BCUT2D eigenvalue weighted by Crippen LogP contribution is 2.41. The molecular weight excluding hydrogens is 362 g/mol. The maximum Gasteiger partial charge on any atom is 0.220 e. The van der Waals surface area contributed by atoms with Crippen LogP contribution in [0.2, 0.25) is 0 Å². The molecule has 5 nitrogen and oxygen atoms in total. The fourth-order valence-electron chi connectivity index (χ4n) is 4.01. The first kappa shape index (κ1) is 21.7. The molecule has 2 atom stereocenters. The zero-order valence-electron chi connectivity index (χ0n) is 16.4. The first-order valence-corrected chi connectivity index (χ1v) is 9.78. The minimum Gasteiger partial charge on any atom is -0.370 e. The van der Waals surface area contributed by atoms with E-state index >= 15 is 0 Å². The Kier molecular flexibility index (Phi) is 7.68. The molecule has 0 spiro atoms. The number of nitrogens with zero attached hydrogens (tertiary/aromatic N) is 1. The number of amides is 2. The van der Waals surface area contributed by atoms with Crippen molar-refractivity contribution >= 4 is 24.2 Å². The van der Waals surface area contributed by atoms with Gasteiger partial charge in [-0.2, -0.15) is 0 Å². The minimum atomic E-state index is -0.256. The van der Waals surface area contributed by atoms with Crippen LogP contribution in [0.4, 0.5) is 0 Å². The fraction of sp³-hybridized carbons (Fsp3) is 0.619. The Bertz CT molecular complexity index is 675. The van der Waals surface area contributed by atoms with E-state index in [1.54, 1.807) is 0 Å². The van der Waals surface area contributed by atoms with Gasteiger partial charge in [0.15, 0.2) is 0 Å². The second-order valence-electron chi connectivity index (χ2n) is 8.07. The van der Waals surface area contributed by atoms with Crippen LogP contribution in [-0.4, -0.2) is 42.4 Å². The van der Waals surface area contributed by atoms with E-state index in [2.05, 4.69) is 42.3 Å². The molecule has 1 heterocycles. The number of aryl methyl sites for hydroxylation is 3. The van der Waals surface area contributed by atoms with Crippen molar-refractivity contribution in [2.24, 2.45) is 17.6 Å². The Morgan fingerprint density at radius 1 is 1.15 bits per heavy atom. The number of halogens is 1. The summed E-state index contributed by atoms with van der Waals surface area (Å²) in [6, 6.07) is 6.63. The highest BCUT2D eigenvalue weighted by Gasteiger charge is 2.42. The average molecular weight is 394 g/mol. The van der Waals surface area contributed by atoms with Gasteiger partial charge in [0.2, 0.25) is 11.8 Å². The van der Waals surface area contributed by atoms with E-state index < -0.39 is 0 Å². The number of carbonyl (C=O) groups is 2. The van der Waals surface area contributed by atoms with Crippen LogP contribution in [-0.2, 0) is 16.0 Å². The van der Waals surface area contributed by atoms with Crippen LogP contribution in [0.5, 0.6) is 0 Å². The zero-order valence-corrected chi connectivity index (χ0v) is 17.2. The van der Waals surface area contributed by atoms with E-state index in [0.717, 1.165) is 25.4 Å². The summed E-state index contributed by atoms with van der Waals surface area (Å²) in [5.74, 6) is 1.14. The Balaban J connectivity index is 0.00000261. The summed E-state index contributed by atoms with van der Waals surface area (Å²) in [6.45, 7) is 6.73. The molecule has 150 valence electrons. The molecule has 3 rings (SSSR count). The number of benzene rings is 1. The lowest BCUT2D eigenvalue weighted by molar-refractivity contribution is -0.122. The first-order valence-electron chi connectivity index (χ1n) is 9.78. The van der Waals surface area contributed by atoms with Crippen molar-refractivity contribution < 1.29 is 9.59 Å². The average Bonchev–Trinajstić information content (AvgIpc) is 3.36. The third-order valence-electron chi connectivity index (χ3n) is 5.90. The summed E-state index contributed by atoms with van der Waals surface area (Å²) >= 11 is 0. The molecule has 2 aliphatic rings. The van der Waals surface area contributed by atoms with Crippen molar-refractivity contribution in [3.8, 4) is 0 Å². The van der Waals surface area contributed by atoms with Crippen molar-refractivity contribution in [3.63, 3.8) is 0 Å². The van der Waals surface area contributed by atoms with Gasteiger partial charge in [0.25, 0.3) is 0 Å². The zero-order chi connectivity index (χ0) is 18.7. The van der Waals surface area contributed by atoms with Gasteiger partial charge in [0.1, 0.15) is 0 Å². The Labute approximate surface area is 168 Å². The minimum absolute atomic E-state index is 0. The van der Waals surface area contributed by atoms with Crippen LogP contribution in [0, 0.1) is 25.7 Å². The molecule has 1 saturated heterocycles. The van der Waals surface area contributed by atoms with Gasteiger partial charge in [0, 0.05) is 38.5 Å². The van der Waals surface area contributed by atoms with Gasteiger partial charge in [-0.15, -0.1) is 12.4 Å². The second-order valence-corrected chi connectivity index (χ2v) is 8.07. The normalized spacial score (nSPS) is 22.3. The SMILES string of the molecule is Cc1ccc(CCC(=O)N[C@H]2CN(CCC(N)=O)C[C@@H]2C2CC2)cc1C.Cl. The summed E-state index contributed by atoms with van der Waals surface area (Å²) < 4.78 is 0. The molecule has 0 bridgehead atoms. The largest absolute Gasteiger partial charge is 0.370 e. The third kappa shape index (κ3) is 6.22. The van der Waals surface area contributed by atoms with Crippen molar-refractivity contribution in [2.75, 3.05) is 19.6 Å². The monoisotopic (exact) mass is 393 g/mol. The number of hydrogen-bond acceptors (Lipinski definition) is 3. The maximum atomic E-state index is 12.5. The summed E-state index contributed by atoms with van der Waals surface area (Å²) in [5, 5.41) is 3.27. The molecule has 1 aromatic rings. The highest BCUT2D eigenvalue weighted by molar-refractivity contribution is 5.85. The molecule has 0 radical (unpaired) electrons. The van der Waals surface area contributed by atoms with Crippen molar-refractivity contribution in [2.45, 2.75) is 52.0 Å². The van der Waals surface area contributed by atoms with Gasteiger partial charge in [0.05, 0.1) is 0 Å². The van der Waals surface area contributed by atoms with E-state index in [-0.39, 0.29) is 30.3 Å². The number of carbonyl (C=O) groups excluding carboxylic acids is 2. The molecule has 1 saturated carbocycles. The van der Waals surface area contributed by atoms with Gasteiger partial charge in [-0.25, -0.2) is 0 Å². The molecule has 0 aromatic heterocycles. The third-order valence-corrected chi connectivity index (χ3v) is 5.90. The molecule has 1 aliphatic heterocycles. The molecule has 6 heteroatoms. The molecule has 2 fully saturated rings. The number of primary amides is 1. The molecule has 2 amide bonds. The Morgan fingerprint density at radius 2 is 1.89 bits per heavy atom. The summed E-state index contributed by atoms with van der Waals surface area (Å²) in [7, 11) is 0. The Hall–Kier alpha value is -1.59. The van der Waals surface area contributed by atoms with Crippen LogP contribution in [0.15, 0.2) is 18.2 Å². The number of rotatable bonds is 8. The van der Waals surface area contributed by atoms with Gasteiger partial charge >= 0.3 is 0 Å². The smallest absolute Gasteiger partial charge is 0.220 e. The number of nitrogens with one attached hydrogen (secondary N) is 1. The summed E-state index contributed by atoms with van der Waals surface area (Å²) in [4.78, 5) is 25.8. The predicted molar refractivity (Wildman–Crippen MR) is 110 cm³/mol. The van der Waals surface area contributed by atoms with E-state index in [4.69, 9.17) is 5.73 Å². The van der Waals surface area contributed by atoms with Gasteiger partial charge in [-0.3, -0.25) is 9.59 Å². The fourth-order valence-corrected chi connectivity index (χ4v) is 4.01. The number of likely N-dealkylation sites (tertiary alicyclic amines) is 1. The standard InChI is InChI=1S/C21H31N3O2.ClH/c1-14-3-4-16(11-15(14)2)5-8-21(26)23-19-13-24(10-9-20(22)25)12-18(19)17-6-7-17;/h3-4,11,17-19H,5-10,12-13H2,1-2H3,(H2,22,25)(H,23,26);1H/t18-,19+;/m1./s1. The van der Waals surface area contributed by atoms with Crippen molar-refractivity contribution in [3.05, 3.63) is 34.9 Å². The Morgan fingerprint density at radius 3 is 2.52 bits per heavy atom. The molecule has 27 heavy (non-hydrogen) atoms. The van der Waals surface area contributed by atoms with E-state index in [1.807, 2.05) is 0 Å². The van der Waals surface area contributed by atoms with Crippen LogP contribution >= 0.6 is 12.4 Å². The number of nitrogens with two attached hydrogens (primary N) is 1. The predicted octanol–water partition coefficient (Wildman–Crippen LogP) is 2.36. The second kappa shape index (κ2) is 9.56. The number of hydrogen-bond donors (Lipinski definition) is 2. The lowest BCUT2D eigenvalue weighted by Crippen LogP contribution is -2.41.